The third-order valence-corrected chi connectivity index (χ3v) is 9.38. The third kappa shape index (κ3) is 8.49. The Labute approximate surface area is 299 Å². The highest BCUT2D eigenvalue weighted by Gasteiger charge is 2.59. The first kappa shape index (κ1) is 35.8. The molecule has 0 bridgehead atoms. The quantitative estimate of drug-likeness (QED) is 0.219. The van der Waals surface area contributed by atoms with Gasteiger partial charge in [-0.05, 0) is 43.9 Å². The Hall–Kier alpha value is -5.00. The summed E-state index contributed by atoms with van der Waals surface area (Å²) in [7, 11) is 0. The molecular weight excluding hydrogens is 646 g/mol. The summed E-state index contributed by atoms with van der Waals surface area (Å²) in [5.41, 5.74) is 2.00. The Kier molecular flexibility index (Phi) is 11.2. The van der Waals surface area contributed by atoms with Gasteiger partial charge in [0.05, 0.1) is 18.5 Å². The summed E-state index contributed by atoms with van der Waals surface area (Å²) in [4.78, 5) is 59.5. The molecule has 268 valence electrons. The number of piperazine rings is 1. The lowest BCUT2D eigenvalue weighted by atomic mass is 9.87. The van der Waals surface area contributed by atoms with Crippen LogP contribution < -0.4 is 5.32 Å². The van der Waals surface area contributed by atoms with Crippen LogP contribution in [0.4, 0.5) is 4.79 Å². The maximum atomic E-state index is 15.0. The van der Waals surface area contributed by atoms with E-state index in [0.29, 0.717) is 39.1 Å². The number of esters is 1. The summed E-state index contributed by atoms with van der Waals surface area (Å²) in [5.74, 6) is -1.39. The maximum absolute atomic E-state index is 15.0. The summed E-state index contributed by atoms with van der Waals surface area (Å²) in [5, 5.41) is 7.05. The van der Waals surface area contributed by atoms with Gasteiger partial charge in [0, 0.05) is 32.7 Å². The highest BCUT2D eigenvalue weighted by Crippen LogP contribution is 2.39. The number of likely N-dealkylation sites (tertiary alicyclic amines) is 1. The molecule has 3 aliphatic heterocycles. The molecule has 51 heavy (non-hydrogen) atoms. The lowest BCUT2D eigenvalue weighted by Gasteiger charge is -2.53. The number of carbonyl (C=O) groups excluding carboxylic acids is 4. The first-order valence-corrected chi connectivity index (χ1v) is 17.7. The van der Waals surface area contributed by atoms with Crippen LogP contribution in [0.1, 0.15) is 49.9 Å². The topological polar surface area (TPSA) is 112 Å². The fourth-order valence-corrected chi connectivity index (χ4v) is 6.99. The molecule has 3 aromatic rings. The third-order valence-electron chi connectivity index (χ3n) is 9.38. The Morgan fingerprint density at radius 3 is 2.22 bits per heavy atom. The summed E-state index contributed by atoms with van der Waals surface area (Å²) in [6, 6.07) is 25.6. The minimum absolute atomic E-state index is 0.0955. The van der Waals surface area contributed by atoms with Crippen molar-refractivity contribution in [2.45, 2.75) is 63.4 Å². The molecule has 0 aromatic heterocycles. The van der Waals surface area contributed by atoms with E-state index in [1.54, 1.807) is 25.8 Å². The number of benzene rings is 3. The van der Waals surface area contributed by atoms with Gasteiger partial charge in [-0.3, -0.25) is 24.3 Å². The van der Waals surface area contributed by atoms with E-state index in [4.69, 9.17) is 9.47 Å². The van der Waals surface area contributed by atoms with Crippen molar-refractivity contribution in [2.24, 2.45) is 0 Å². The smallest absolute Gasteiger partial charge is 0.411 e. The second-order valence-corrected chi connectivity index (χ2v) is 14.1. The van der Waals surface area contributed by atoms with Gasteiger partial charge in [0.15, 0.2) is 0 Å². The molecule has 3 aliphatic rings. The van der Waals surface area contributed by atoms with Crippen molar-refractivity contribution < 1.29 is 28.7 Å². The molecular formula is C40H47N5O6. The van der Waals surface area contributed by atoms with Crippen molar-refractivity contribution in [3.63, 3.8) is 0 Å². The van der Waals surface area contributed by atoms with Gasteiger partial charge in [-0.15, -0.1) is 0 Å². The van der Waals surface area contributed by atoms with Crippen LogP contribution in [0.15, 0.2) is 97.1 Å². The first-order chi connectivity index (χ1) is 24.6. The lowest BCUT2D eigenvalue weighted by Crippen LogP contribution is -2.75. The van der Waals surface area contributed by atoms with Crippen LogP contribution in [0.5, 0.6) is 0 Å². The molecule has 0 spiro atoms. The maximum Gasteiger partial charge on any atom is 0.411 e. The molecule has 3 fully saturated rings. The summed E-state index contributed by atoms with van der Waals surface area (Å²) in [6.45, 7) is 8.33. The molecule has 11 nitrogen and oxygen atoms in total. The van der Waals surface area contributed by atoms with Crippen molar-refractivity contribution in [3.8, 4) is 0 Å². The van der Waals surface area contributed by atoms with Gasteiger partial charge in [0.2, 0.25) is 5.91 Å². The number of carbonyl (C=O) groups is 4. The SMILES string of the molecule is CC(C)(C)OC(=O)CC(C(=O)N(CCc1ccccc1)N1CCNCC1)N1C(=O)C(N2C(=O)OC[C@@H]2c2ccccc2)C1C=Cc1ccccc1. The number of ether oxygens (including phenoxy) is 2. The van der Waals surface area contributed by atoms with E-state index in [2.05, 4.69) is 5.32 Å². The molecule has 1 N–H and O–H groups in total. The standard InChI is InChI=1S/C40H47N5O6/c1-40(2,3)51-35(46)27-33(37(47)43(42-25-22-41-23-26-42)24-21-30-15-9-5-10-16-30)44-32(20-19-29-13-7-4-8-14-29)36(38(44)48)45-34(28-50-39(45)49)31-17-11-6-12-18-31/h4-20,32-34,36,41H,21-28H2,1-3H3/t32?,33?,34-,36?/m1/s1. The fraction of sp³-hybridized carbons (Fsp3) is 0.400. The molecule has 0 saturated carbocycles. The summed E-state index contributed by atoms with van der Waals surface area (Å²) in [6.07, 6.45) is 3.38. The number of rotatable bonds is 12. The van der Waals surface area contributed by atoms with Gasteiger partial charge >= 0.3 is 12.1 Å². The average Bonchev–Trinajstić information content (AvgIpc) is 3.50. The van der Waals surface area contributed by atoms with Crippen LogP contribution >= 0.6 is 0 Å². The van der Waals surface area contributed by atoms with E-state index in [1.807, 2.05) is 108 Å². The highest BCUT2D eigenvalue weighted by molar-refractivity contribution is 5.99. The minimum atomic E-state index is -1.19. The first-order valence-electron chi connectivity index (χ1n) is 17.7. The Morgan fingerprint density at radius 1 is 0.941 bits per heavy atom. The van der Waals surface area contributed by atoms with Crippen LogP contribution in [0, 0.1) is 0 Å². The van der Waals surface area contributed by atoms with Crippen molar-refractivity contribution in [1.82, 2.24) is 25.1 Å². The number of nitrogens with one attached hydrogen (secondary N) is 1. The van der Waals surface area contributed by atoms with Crippen LogP contribution in [0.3, 0.4) is 0 Å². The lowest BCUT2D eigenvalue weighted by molar-refractivity contribution is -0.177. The average molecular weight is 694 g/mol. The number of hydrogen-bond donors (Lipinski definition) is 1. The second kappa shape index (κ2) is 15.9. The van der Waals surface area contributed by atoms with E-state index in [0.717, 1.165) is 16.7 Å². The normalized spacial score (nSPS) is 21.7. The molecule has 3 unspecified atom stereocenters. The van der Waals surface area contributed by atoms with Crippen LogP contribution in [-0.2, 0) is 30.3 Å². The van der Waals surface area contributed by atoms with E-state index >= 15 is 0 Å². The monoisotopic (exact) mass is 693 g/mol. The summed E-state index contributed by atoms with van der Waals surface area (Å²) >= 11 is 0. The largest absolute Gasteiger partial charge is 0.460 e. The number of cyclic esters (lactones) is 1. The minimum Gasteiger partial charge on any atom is -0.460 e. The zero-order valence-electron chi connectivity index (χ0n) is 29.5. The Bertz CT molecular complexity index is 1690. The molecule has 3 aromatic carbocycles. The molecule has 3 heterocycles. The van der Waals surface area contributed by atoms with E-state index < -0.39 is 47.7 Å². The molecule has 0 aliphatic carbocycles. The van der Waals surface area contributed by atoms with E-state index in [-0.39, 0.29) is 18.9 Å². The highest BCUT2D eigenvalue weighted by atomic mass is 16.6. The van der Waals surface area contributed by atoms with Crippen molar-refractivity contribution in [1.29, 1.82) is 0 Å². The predicted molar refractivity (Wildman–Crippen MR) is 193 cm³/mol. The number of amides is 3. The van der Waals surface area contributed by atoms with Crippen LogP contribution in [0.2, 0.25) is 0 Å². The molecule has 0 radical (unpaired) electrons. The van der Waals surface area contributed by atoms with Crippen molar-refractivity contribution >= 4 is 30.0 Å². The van der Waals surface area contributed by atoms with Crippen LogP contribution in [0.25, 0.3) is 6.08 Å². The van der Waals surface area contributed by atoms with Gasteiger partial charge < -0.3 is 19.7 Å². The van der Waals surface area contributed by atoms with Crippen LogP contribution in [-0.4, -0.2) is 107 Å². The molecule has 11 heteroatoms. The number of hydrazine groups is 1. The number of β-lactam (4-membered cyclic amide) rings is 1. The number of hydrogen-bond acceptors (Lipinski definition) is 8. The summed E-state index contributed by atoms with van der Waals surface area (Å²) < 4.78 is 11.3. The molecule has 3 saturated heterocycles. The van der Waals surface area contributed by atoms with Crippen molar-refractivity contribution in [3.05, 3.63) is 114 Å². The molecule has 4 atom stereocenters. The van der Waals surface area contributed by atoms with Gasteiger partial charge in [-0.25, -0.2) is 9.80 Å². The van der Waals surface area contributed by atoms with Gasteiger partial charge in [0.25, 0.3) is 5.91 Å². The van der Waals surface area contributed by atoms with Crippen molar-refractivity contribution in [2.75, 3.05) is 39.3 Å². The zero-order valence-corrected chi connectivity index (χ0v) is 29.5. The van der Waals surface area contributed by atoms with Gasteiger partial charge in [0.1, 0.15) is 24.3 Å². The fourth-order valence-electron chi connectivity index (χ4n) is 6.99. The Morgan fingerprint density at radius 2 is 1.57 bits per heavy atom. The van der Waals surface area contributed by atoms with E-state index in [1.165, 1.54) is 9.80 Å². The second-order valence-electron chi connectivity index (χ2n) is 14.1. The molecule has 3 amide bonds. The number of nitrogens with zero attached hydrogens (tertiary/aromatic N) is 4. The van der Waals surface area contributed by atoms with E-state index in [9.17, 15) is 19.2 Å². The Balaban J connectivity index is 1.38. The van der Waals surface area contributed by atoms with Gasteiger partial charge in [-0.1, -0.05) is 103 Å². The predicted octanol–water partition coefficient (Wildman–Crippen LogP) is 4.46. The van der Waals surface area contributed by atoms with Gasteiger partial charge in [-0.2, -0.15) is 0 Å². The molecule has 6 rings (SSSR count). The zero-order chi connectivity index (χ0) is 36.0.